The first-order chi connectivity index (χ1) is 9.92. The molecule has 0 aromatic heterocycles. The van der Waals surface area contributed by atoms with Crippen LogP contribution in [0.4, 0.5) is 5.69 Å². The lowest BCUT2D eigenvalue weighted by Gasteiger charge is -2.21. The zero-order chi connectivity index (χ0) is 16.0. The number of carbonyl (C=O) groups is 2. The Morgan fingerprint density at radius 2 is 2.10 bits per heavy atom. The summed E-state index contributed by atoms with van der Waals surface area (Å²) >= 11 is 0. The van der Waals surface area contributed by atoms with Gasteiger partial charge in [-0.15, -0.1) is 0 Å². The lowest BCUT2D eigenvalue weighted by atomic mass is 10.1. The number of rotatable bonds is 6. The van der Waals surface area contributed by atoms with E-state index in [1.165, 1.54) is 24.1 Å². The van der Waals surface area contributed by atoms with Crippen LogP contribution in [0.25, 0.3) is 0 Å². The van der Waals surface area contributed by atoms with E-state index in [1.54, 1.807) is 0 Å². The van der Waals surface area contributed by atoms with Crippen LogP contribution in [0.15, 0.2) is 18.2 Å². The van der Waals surface area contributed by atoms with Crippen molar-refractivity contribution in [1.82, 2.24) is 4.90 Å². The Bertz CT molecular complexity index is 558. The summed E-state index contributed by atoms with van der Waals surface area (Å²) in [6, 6.07) is 3.66. The number of carbonyl (C=O) groups excluding carboxylic acids is 2. The summed E-state index contributed by atoms with van der Waals surface area (Å²) in [7, 11) is 1.20. The molecule has 1 aromatic rings. The summed E-state index contributed by atoms with van der Waals surface area (Å²) in [6.45, 7) is 1.78. The highest BCUT2D eigenvalue weighted by Gasteiger charge is 2.25. The summed E-state index contributed by atoms with van der Waals surface area (Å²) in [5, 5.41) is 20.6. The highest BCUT2D eigenvalue weighted by atomic mass is 16.6. The summed E-state index contributed by atoms with van der Waals surface area (Å²) in [6.07, 6.45) is 0.582. The summed E-state index contributed by atoms with van der Waals surface area (Å²) in [5.41, 5.74) is -0.781. The van der Waals surface area contributed by atoms with E-state index in [1.807, 2.05) is 6.92 Å². The molecule has 1 amide bonds. The van der Waals surface area contributed by atoms with Crippen molar-refractivity contribution < 1.29 is 24.4 Å². The van der Waals surface area contributed by atoms with E-state index in [9.17, 15) is 24.8 Å². The maximum absolute atomic E-state index is 12.3. The number of esters is 1. The highest BCUT2D eigenvalue weighted by Crippen LogP contribution is 2.30. The average molecular weight is 296 g/mol. The molecule has 0 saturated heterocycles. The fraction of sp³-hybridized carbons (Fsp3) is 0.385. The number of benzene rings is 1. The molecule has 0 saturated carbocycles. The number of ether oxygens (including phenoxy) is 1. The number of nitro groups is 1. The SMILES string of the molecule is CCCN(CC(=O)OC)C(=O)c1cccc([N+](=O)[O-])c1O. The van der Waals surface area contributed by atoms with Crippen LogP contribution < -0.4 is 0 Å². The van der Waals surface area contributed by atoms with Gasteiger partial charge in [0.15, 0.2) is 0 Å². The Hall–Kier alpha value is -2.64. The van der Waals surface area contributed by atoms with E-state index in [2.05, 4.69) is 4.74 Å². The van der Waals surface area contributed by atoms with Gasteiger partial charge >= 0.3 is 11.7 Å². The van der Waals surface area contributed by atoms with Crippen molar-refractivity contribution in [2.75, 3.05) is 20.2 Å². The minimum Gasteiger partial charge on any atom is -0.502 e. The van der Waals surface area contributed by atoms with E-state index >= 15 is 0 Å². The molecule has 0 radical (unpaired) electrons. The Morgan fingerprint density at radius 1 is 1.43 bits per heavy atom. The Morgan fingerprint density at radius 3 is 2.62 bits per heavy atom. The number of phenolic OH excluding ortho intramolecular Hbond substituents is 1. The molecule has 21 heavy (non-hydrogen) atoms. The number of hydrogen-bond acceptors (Lipinski definition) is 6. The molecular weight excluding hydrogens is 280 g/mol. The van der Waals surface area contributed by atoms with Crippen LogP contribution in [0, 0.1) is 10.1 Å². The lowest BCUT2D eigenvalue weighted by molar-refractivity contribution is -0.385. The van der Waals surface area contributed by atoms with Gasteiger partial charge in [0.2, 0.25) is 5.75 Å². The fourth-order valence-electron chi connectivity index (χ4n) is 1.76. The van der Waals surface area contributed by atoms with Gasteiger partial charge in [0.05, 0.1) is 17.6 Å². The smallest absolute Gasteiger partial charge is 0.325 e. The molecule has 0 fully saturated rings. The third-order valence-electron chi connectivity index (χ3n) is 2.77. The normalized spacial score (nSPS) is 10.0. The number of amides is 1. The predicted molar refractivity (Wildman–Crippen MR) is 73.0 cm³/mol. The van der Waals surface area contributed by atoms with Gasteiger partial charge in [-0.25, -0.2) is 0 Å². The van der Waals surface area contributed by atoms with Crippen LogP contribution in [-0.2, 0) is 9.53 Å². The molecule has 0 heterocycles. The Balaban J connectivity index is 3.12. The predicted octanol–water partition coefficient (Wildman–Crippen LogP) is 1.33. The van der Waals surface area contributed by atoms with Gasteiger partial charge in [-0.05, 0) is 12.5 Å². The standard InChI is InChI=1S/C13H16N2O6/c1-3-7-14(8-11(16)21-2)13(18)9-5-4-6-10(12(9)17)15(19)20/h4-6,17H,3,7-8H2,1-2H3. The summed E-state index contributed by atoms with van der Waals surface area (Å²) < 4.78 is 4.50. The van der Waals surface area contributed by atoms with Crippen molar-refractivity contribution in [3.8, 4) is 5.75 Å². The second-order valence-corrected chi connectivity index (χ2v) is 4.23. The zero-order valence-corrected chi connectivity index (χ0v) is 11.7. The van der Waals surface area contributed by atoms with Gasteiger partial charge in [0.1, 0.15) is 6.54 Å². The summed E-state index contributed by atoms with van der Waals surface area (Å²) in [4.78, 5) is 34.8. The van der Waals surface area contributed by atoms with Crippen molar-refractivity contribution >= 4 is 17.6 Å². The van der Waals surface area contributed by atoms with Gasteiger partial charge in [-0.2, -0.15) is 0 Å². The largest absolute Gasteiger partial charge is 0.502 e. The lowest BCUT2D eigenvalue weighted by Crippen LogP contribution is -2.36. The maximum atomic E-state index is 12.3. The number of methoxy groups -OCH3 is 1. The molecule has 8 nitrogen and oxygen atoms in total. The van der Waals surface area contributed by atoms with Crippen molar-refractivity contribution in [1.29, 1.82) is 0 Å². The van der Waals surface area contributed by atoms with E-state index in [-0.39, 0.29) is 18.7 Å². The minimum atomic E-state index is -0.781. The number of nitro benzene ring substituents is 1. The minimum absolute atomic E-state index is 0.221. The maximum Gasteiger partial charge on any atom is 0.325 e. The first kappa shape index (κ1) is 16.4. The molecule has 8 heteroatoms. The Labute approximate surface area is 121 Å². The molecule has 0 spiro atoms. The van der Waals surface area contributed by atoms with Gasteiger partial charge in [0.25, 0.3) is 5.91 Å². The summed E-state index contributed by atoms with van der Waals surface area (Å²) in [5.74, 6) is -1.98. The van der Waals surface area contributed by atoms with Crippen LogP contribution in [-0.4, -0.2) is 47.0 Å². The Kier molecular flexibility index (Phi) is 5.65. The second-order valence-electron chi connectivity index (χ2n) is 4.23. The fourth-order valence-corrected chi connectivity index (χ4v) is 1.76. The second kappa shape index (κ2) is 7.22. The van der Waals surface area contributed by atoms with Crippen molar-refractivity contribution in [2.45, 2.75) is 13.3 Å². The highest BCUT2D eigenvalue weighted by molar-refractivity contribution is 5.99. The number of nitrogens with zero attached hydrogens (tertiary/aromatic N) is 2. The number of aromatic hydroxyl groups is 1. The molecule has 0 bridgehead atoms. The van der Waals surface area contributed by atoms with E-state index < -0.39 is 28.2 Å². The van der Waals surface area contributed by atoms with Gasteiger partial charge in [-0.3, -0.25) is 19.7 Å². The third kappa shape index (κ3) is 3.91. The van der Waals surface area contributed by atoms with Crippen molar-refractivity contribution in [3.63, 3.8) is 0 Å². The van der Waals surface area contributed by atoms with Crippen LogP contribution in [0.1, 0.15) is 23.7 Å². The van der Waals surface area contributed by atoms with E-state index in [4.69, 9.17) is 0 Å². The van der Waals surface area contributed by atoms with Gasteiger partial charge < -0.3 is 14.7 Å². The van der Waals surface area contributed by atoms with Crippen LogP contribution in [0.3, 0.4) is 0 Å². The monoisotopic (exact) mass is 296 g/mol. The van der Waals surface area contributed by atoms with Crippen molar-refractivity contribution in [3.05, 3.63) is 33.9 Å². The molecule has 0 unspecified atom stereocenters. The first-order valence-electron chi connectivity index (χ1n) is 6.24. The molecule has 0 atom stereocenters. The van der Waals surface area contributed by atoms with Crippen molar-refractivity contribution in [2.24, 2.45) is 0 Å². The molecule has 0 aliphatic carbocycles. The molecule has 1 aromatic carbocycles. The number of phenols is 1. The first-order valence-corrected chi connectivity index (χ1v) is 6.24. The zero-order valence-electron chi connectivity index (χ0n) is 11.7. The molecule has 0 aliphatic heterocycles. The van der Waals surface area contributed by atoms with Crippen LogP contribution in [0.2, 0.25) is 0 Å². The molecule has 1 N–H and O–H groups in total. The molecule has 114 valence electrons. The van der Waals surface area contributed by atoms with E-state index in [0.29, 0.717) is 6.42 Å². The van der Waals surface area contributed by atoms with Gasteiger partial charge in [-0.1, -0.05) is 13.0 Å². The molecular formula is C13H16N2O6. The third-order valence-corrected chi connectivity index (χ3v) is 2.77. The number of para-hydroxylation sites is 1. The average Bonchev–Trinajstić information content (AvgIpc) is 2.45. The quantitative estimate of drug-likeness (QED) is 0.481. The molecule has 1 rings (SSSR count). The van der Waals surface area contributed by atoms with Crippen LogP contribution >= 0.6 is 0 Å². The van der Waals surface area contributed by atoms with Gasteiger partial charge in [0, 0.05) is 12.6 Å². The molecule has 0 aliphatic rings. The van der Waals surface area contributed by atoms with E-state index in [0.717, 1.165) is 6.07 Å². The van der Waals surface area contributed by atoms with Crippen LogP contribution in [0.5, 0.6) is 5.75 Å². The topological polar surface area (TPSA) is 110 Å². The number of hydrogen-bond donors (Lipinski definition) is 1.